The standard InChI is InChI=1S/C19H16ClNO4/c1-11(22)16-17(12-6-8-13(20)9-7-12)21(19(24)18(16)23)14-4-3-5-15(10-14)25-2/h3-10,17,23H,1-2H3. The van der Waals surface area contributed by atoms with Crippen molar-refractivity contribution in [1.82, 2.24) is 0 Å². The largest absolute Gasteiger partial charge is 0.503 e. The van der Waals surface area contributed by atoms with Gasteiger partial charge in [-0.1, -0.05) is 29.8 Å². The quantitative estimate of drug-likeness (QED) is 0.902. The van der Waals surface area contributed by atoms with Gasteiger partial charge in [-0.15, -0.1) is 0 Å². The summed E-state index contributed by atoms with van der Waals surface area (Å²) in [5, 5.41) is 10.8. The summed E-state index contributed by atoms with van der Waals surface area (Å²) in [4.78, 5) is 26.2. The number of ether oxygens (including phenoxy) is 1. The van der Waals surface area contributed by atoms with E-state index in [9.17, 15) is 14.7 Å². The van der Waals surface area contributed by atoms with Gasteiger partial charge in [0, 0.05) is 16.8 Å². The third kappa shape index (κ3) is 2.98. The number of benzene rings is 2. The molecule has 25 heavy (non-hydrogen) atoms. The molecule has 0 aliphatic carbocycles. The molecule has 2 aromatic rings. The normalized spacial score (nSPS) is 17.2. The number of carbonyl (C=O) groups is 2. The molecule has 128 valence electrons. The second kappa shape index (κ2) is 6.61. The van der Waals surface area contributed by atoms with Crippen LogP contribution in [-0.2, 0) is 9.59 Å². The van der Waals surface area contributed by atoms with E-state index in [-0.39, 0.29) is 11.4 Å². The van der Waals surface area contributed by atoms with E-state index >= 15 is 0 Å². The molecule has 5 nitrogen and oxygen atoms in total. The molecule has 0 fully saturated rings. The maximum atomic E-state index is 12.7. The van der Waals surface area contributed by atoms with Gasteiger partial charge in [0.2, 0.25) is 0 Å². The second-order valence-corrected chi connectivity index (χ2v) is 6.09. The Morgan fingerprint density at radius 2 is 1.88 bits per heavy atom. The fourth-order valence-corrected chi connectivity index (χ4v) is 3.08. The number of carbonyl (C=O) groups excluding carboxylic acids is 2. The van der Waals surface area contributed by atoms with Crippen molar-refractivity contribution in [2.24, 2.45) is 0 Å². The van der Waals surface area contributed by atoms with Crippen molar-refractivity contribution in [3.05, 3.63) is 70.4 Å². The van der Waals surface area contributed by atoms with Gasteiger partial charge in [-0.05, 0) is 36.8 Å². The molecule has 1 atom stereocenters. The van der Waals surface area contributed by atoms with E-state index in [1.165, 1.54) is 18.9 Å². The molecule has 3 rings (SSSR count). The van der Waals surface area contributed by atoms with Gasteiger partial charge in [0.1, 0.15) is 5.75 Å². The van der Waals surface area contributed by atoms with Crippen LogP contribution >= 0.6 is 11.6 Å². The van der Waals surface area contributed by atoms with Crippen molar-refractivity contribution >= 4 is 29.0 Å². The number of methoxy groups -OCH3 is 1. The summed E-state index contributed by atoms with van der Waals surface area (Å²) in [7, 11) is 1.53. The molecule has 1 N–H and O–H groups in total. The summed E-state index contributed by atoms with van der Waals surface area (Å²) in [5.74, 6) is -0.958. The lowest BCUT2D eigenvalue weighted by molar-refractivity contribution is -0.117. The summed E-state index contributed by atoms with van der Waals surface area (Å²) >= 11 is 5.94. The number of rotatable bonds is 4. The summed E-state index contributed by atoms with van der Waals surface area (Å²) in [6, 6.07) is 13.0. The molecule has 0 radical (unpaired) electrons. The molecule has 1 aliphatic heterocycles. The summed E-state index contributed by atoms with van der Waals surface area (Å²) in [6.07, 6.45) is 0. The molecule has 6 heteroatoms. The Labute approximate surface area is 150 Å². The lowest BCUT2D eigenvalue weighted by Gasteiger charge is -2.27. The molecule has 1 aliphatic rings. The number of amides is 1. The van der Waals surface area contributed by atoms with Crippen molar-refractivity contribution in [3.63, 3.8) is 0 Å². The average Bonchev–Trinajstić information content (AvgIpc) is 2.87. The van der Waals surface area contributed by atoms with Crippen LogP contribution in [0.15, 0.2) is 59.9 Å². The maximum absolute atomic E-state index is 12.7. The molecule has 0 saturated carbocycles. The Morgan fingerprint density at radius 3 is 2.48 bits per heavy atom. The molecule has 1 amide bonds. The second-order valence-electron chi connectivity index (χ2n) is 5.65. The average molecular weight is 358 g/mol. The first-order valence-electron chi connectivity index (χ1n) is 7.61. The van der Waals surface area contributed by atoms with Crippen molar-refractivity contribution in [2.75, 3.05) is 12.0 Å². The van der Waals surface area contributed by atoms with E-state index in [0.717, 1.165) is 0 Å². The molecule has 2 aromatic carbocycles. The number of aliphatic hydroxyl groups is 1. The third-order valence-electron chi connectivity index (χ3n) is 4.10. The van der Waals surface area contributed by atoms with E-state index in [0.29, 0.717) is 22.0 Å². The Balaban J connectivity index is 2.17. The van der Waals surface area contributed by atoms with E-state index in [4.69, 9.17) is 16.3 Å². The lowest BCUT2D eigenvalue weighted by Crippen LogP contribution is -2.30. The first-order valence-corrected chi connectivity index (χ1v) is 7.99. The van der Waals surface area contributed by atoms with Gasteiger partial charge < -0.3 is 9.84 Å². The zero-order valence-electron chi connectivity index (χ0n) is 13.7. The number of Topliss-reactive ketones (excluding diaryl/α,β-unsaturated/α-hetero) is 1. The predicted octanol–water partition coefficient (Wildman–Crippen LogP) is 3.84. The highest BCUT2D eigenvalue weighted by Crippen LogP contribution is 2.41. The molecular weight excluding hydrogens is 342 g/mol. The number of hydrogen-bond donors (Lipinski definition) is 1. The number of halogens is 1. The van der Waals surface area contributed by atoms with Gasteiger partial charge in [0.05, 0.1) is 18.7 Å². The lowest BCUT2D eigenvalue weighted by atomic mass is 9.96. The van der Waals surface area contributed by atoms with Gasteiger partial charge in [0.25, 0.3) is 5.91 Å². The first-order chi connectivity index (χ1) is 11.9. The van der Waals surface area contributed by atoms with Crippen LogP contribution in [0.4, 0.5) is 5.69 Å². The SMILES string of the molecule is COc1cccc(N2C(=O)C(O)=C(C(C)=O)C2c2ccc(Cl)cc2)c1. The zero-order chi connectivity index (χ0) is 18.1. The highest BCUT2D eigenvalue weighted by molar-refractivity contribution is 6.30. The van der Waals surface area contributed by atoms with E-state index < -0.39 is 17.7 Å². The minimum Gasteiger partial charge on any atom is -0.503 e. The maximum Gasteiger partial charge on any atom is 0.294 e. The Hall–Kier alpha value is -2.79. The number of ketones is 1. The Morgan fingerprint density at radius 1 is 1.20 bits per heavy atom. The zero-order valence-corrected chi connectivity index (χ0v) is 14.4. The van der Waals surface area contributed by atoms with Crippen LogP contribution in [0, 0.1) is 0 Å². The molecule has 1 unspecified atom stereocenters. The Bertz CT molecular complexity index is 873. The van der Waals surface area contributed by atoms with Crippen LogP contribution in [-0.4, -0.2) is 23.9 Å². The highest BCUT2D eigenvalue weighted by Gasteiger charge is 2.43. The van der Waals surface area contributed by atoms with Gasteiger partial charge >= 0.3 is 0 Å². The molecule has 0 spiro atoms. The predicted molar refractivity (Wildman–Crippen MR) is 95.0 cm³/mol. The van der Waals surface area contributed by atoms with Crippen molar-refractivity contribution in [2.45, 2.75) is 13.0 Å². The molecule has 0 saturated heterocycles. The fraction of sp³-hybridized carbons (Fsp3) is 0.158. The van der Waals surface area contributed by atoms with Crippen LogP contribution in [0.5, 0.6) is 5.75 Å². The van der Waals surface area contributed by atoms with E-state index in [2.05, 4.69) is 0 Å². The molecule has 0 aromatic heterocycles. The van der Waals surface area contributed by atoms with Crippen molar-refractivity contribution in [3.8, 4) is 5.75 Å². The van der Waals surface area contributed by atoms with Crippen molar-refractivity contribution in [1.29, 1.82) is 0 Å². The smallest absolute Gasteiger partial charge is 0.294 e. The minimum absolute atomic E-state index is 0.0649. The molecule has 0 bridgehead atoms. The number of aliphatic hydroxyl groups excluding tert-OH is 1. The minimum atomic E-state index is -0.727. The van der Waals surface area contributed by atoms with E-state index in [1.54, 1.807) is 48.5 Å². The summed E-state index contributed by atoms with van der Waals surface area (Å²) in [5.41, 5.74) is 1.26. The van der Waals surface area contributed by atoms with Crippen LogP contribution in [0.25, 0.3) is 0 Å². The summed E-state index contributed by atoms with van der Waals surface area (Å²) < 4.78 is 5.21. The third-order valence-corrected chi connectivity index (χ3v) is 4.36. The van der Waals surface area contributed by atoms with Crippen molar-refractivity contribution < 1.29 is 19.4 Å². The van der Waals surface area contributed by atoms with Gasteiger partial charge in [-0.3, -0.25) is 14.5 Å². The number of hydrogen-bond acceptors (Lipinski definition) is 4. The number of anilines is 1. The molecular formula is C19H16ClNO4. The first kappa shape index (κ1) is 17.0. The number of nitrogens with zero attached hydrogens (tertiary/aromatic N) is 1. The Kier molecular flexibility index (Phi) is 4.51. The fourth-order valence-electron chi connectivity index (χ4n) is 2.95. The van der Waals surface area contributed by atoms with Crippen LogP contribution in [0.2, 0.25) is 5.02 Å². The van der Waals surface area contributed by atoms with Gasteiger partial charge in [0.15, 0.2) is 11.5 Å². The molecule has 1 heterocycles. The van der Waals surface area contributed by atoms with Crippen LogP contribution in [0.1, 0.15) is 18.5 Å². The van der Waals surface area contributed by atoms with Crippen LogP contribution in [0.3, 0.4) is 0 Å². The topological polar surface area (TPSA) is 66.8 Å². The van der Waals surface area contributed by atoms with Gasteiger partial charge in [-0.25, -0.2) is 0 Å². The van der Waals surface area contributed by atoms with E-state index in [1.807, 2.05) is 0 Å². The summed E-state index contributed by atoms with van der Waals surface area (Å²) in [6.45, 7) is 1.33. The van der Waals surface area contributed by atoms with Crippen LogP contribution < -0.4 is 9.64 Å². The monoisotopic (exact) mass is 357 g/mol. The van der Waals surface area contributed by atoms with Gasteiger partial charge in [-0.2, -0.15) is 0 Å². The highest BCUT2D eigenvalue weighted by atomic mass is 35.5.